The molecule has 7 N–H and O–H groups in total. The summed E-state index contributed by atoms with van der Waals surface area (Å²) >= 11 is 0. The number of rotatable bonds is 8. The van der Waals surface area contributed by atoms with Gasteiger partial charge in [0.2, 0.25) is 11.8 Å². The number of nitrogens with two attached hydrogens (primary N) is 1. The van der Waals surface area contributed by atoms with Crippen molar-refractivity contribution < 1.29 is 19.8 Å². The molecule has 32 heavy (non-hydrogen) atoms. The number of carbonyl (C=O) groups is 2. The second-order valence-electron chi connectivity index (χ2n) is 7.42. The summed E-state index contributed by atoms with van der Waals surface area (Å²) in [6.07, 6.45) is -0.631. The summed E-state index contributed by atoms with van der Waals surface area (Å²) < 4.78 is 0. The van der Waals surface area contributed by atoms with Crippen molar-refractivity contribution in [2.45, 2.75) is 25.1 Å². The number of fused-ring (bicyclic) bond motifs is 1. The van der Waals surface area contributed by atoms with Crippen molar-refractivity contribution in [3.05, 3.63) is 65.2 Å². The molecule has 3 rings (SSSR count). The Kier molecular flexibility index (Phi) is 9.01. The molecule has 0 aromatic heterocycles. The maximum atomic E-state index is 12.7. The molecule has 2 aromatic rings. The predicted octanol–water partition coefficient (Wildman–Crippen LogP) is 0.227. The first-order valence-corrected chi connectivity index (χ1v) is 10.0. The smallest absolute Gasteiger partial charge is 0.245 e. The molecule has 0 fully saturated rings. The lowest BCUT2D eigenvalue weighted by molar-refractivity contribution is -0.134. The van der Waals surface area contributed by atoms with Crippen LogP contribution < -0.4 is 16.4 Å². The van der Waals surface area contributed by atoms with E-state index in [0.717, 1.165) is 12.0 Å². The van der Waals surface area contributed by atoms with Crippen molar-refractivity contribution in [2.24, 2.45) is 5.73 Å². The van der Waals surface area contributed by atoms with E-state index in [2.05, 4.69) is 10.6 Å². The van der Waals surface area contributed by atoms with Crippen LogP contribution in [0.2, 0.25) is 0 Å². The first-order valence-electron chi connectivity index (χ1n) is 10.0. The Labute approximate surface area is 192 Å². The third kappa shape index (κ3) is 6.19. The number of benzene rings is 2. The molecule has 0 bridgehead atoms. The summed E-state index contributed by atoms with van der Waals surface area (Å²) in [7, 11) is 0. The Bertz CT molecular complexity index is 971. The minimum absolute atomic E-state index is 0. The lowest BCUT2D eigenvalue weighted by Gasteiger charge is -2.29. The molecule has 0 aliphatic carbocycles. The van der Waals surface area contributed by atoms with Gasteiger partial charge in [0.1, 0.15) is 18.0 Å². The highest BCUT2D eigenvalue weighted by Crippen LogP contribution is 2.18. The zero-order valence-corrected chi connectivity index (χ0v) is 18.3. The maximum absolute atomic E-state index is 12.7. The van der Waals surface area contributed by atoms with Gasteiger partial charge in [0, 0.05) is 24.3 Å². The zero-order valence-electron chi connectivity index (χ0n) is 17.5. The number of amides is 2. The largest absolute Gasteiger partial charge is 0.394 e. The fourth-order valence-electron chi connectivity index (χ4n) is 3.49. The first-order chi connectivity index (χ1) is 14.9. The second kappa shape index (κ2) is 11.5. The Balaban J connectivity index is 0.00000363. The average molecular weight is 462 g/mol. The van der Waals surface area contributed by atoms with Gasteiger partial charge in [-0.3, -0.25) is 15.0 Å². The van der Waals surface area contributed by atoms with Crippen LogP contribution in [-0.2, 0) is 22.6 Å². The number of halogens is 1. The number of anilines is 1. The number of hydrogen-bond donors (Lipinski definition) is 6. The first kappa shape index (κ1) is 25.1. The van der Waals surface area contributed by atoms with E-state index in [9.17, 15) is 19.8 Å². The van der Waals surface area contributed by atoms with Gasteiger partial charge in [-0.2, -0.15) is 0 Å². The number of nitrogen functional groups attached to an aromatic ring is 1. The van der Waals surface area contributed by atoms with Gasteiger partial charge in [0.05, 0.1) is 13.2 Å². The normalized spacial score (nSPS) is 14.4. The third-order valence-corrected chi connectivity index (χ3v) is 5.25. The molecule has 0 radical (unpaired) electrons. The third-order valence-electron chi connectivity index (χ3n) is 5.25. The van der Waals surface area contributed by atoms with Crippen molar-refractivity contribution >= 4 is 35.7 Å². The van der Waals surface area contributed by atoms with Crippen molar-refractivity contribution in [2.75, 3.05) is 25.0 Å². The molecule has 2 aromatic carbocycles. The molecular weight excluding hydrogens is 434 g/mol. The topological polar surface area (TPSA) is 152 Å². The van der Waals surface area contributed by atoms with Gasteiger partial charge in [-0.05, 0) is 29.7 Å². The number of aliphatic hydroxyl groups is 2. The van der Waals surface area contributed by atoms with Crippen LogP contribution >= 0.6 is 12.4 Å². The molecule has 1 heterocycles. The molecule has 2 atom stereocenters. The van der Waals surface area contributed by atoms with Crippen molar-refractivity contribution in [1.29, 1.82) is 5.41 Å². The van der Waals surface area contributed by atoms with Gasteiger partial charge < -0.3 is 31.5 Å². The molecule has 0 spiro atoms. The molecule has 172 valence electrons. The summed E-state index contributed by atoms with van der Waals surface area (Å²) in [4.78, 5) is 26.9. The van der Waals surface area contributed by atoms with E-state index in [1.807, 2.05) is 24.3 Å². The quantitative estimate of drug-likeness (QED) is 0.244. The van der Waals surface area contributed by atoms with Gasteiger partial charge in [-0.25, -0.2) is 0 Å². The van der Waals surface area contributed by atoms with E-state index >= 15 is 0 Å². The van der Waals surface area contributed by atoms with Crippen LogP contribution in [0.5, 0.6) is 0 Å². The molecule has 10 heteroatoms. The number of nitrogens with one attached hydrogen (secondary N) is 3. The van der Waals surface area contributed by atoms with Gasteiger partial charge in [-0.1, -0.05) is 36.4 Å². The number of amidine groups is 1. The van der Waals surface area contributed by atoms with Gasteiger partial charge in [0.25, 0.3) is 0 Å². The van der Waals surface area contributed by atoms with Gasteiger partial charge in [-0.15, -0.1) is 12.4 Å². The summed E-state index contributed by atoms with van der Waals surface area (Å²) in [6, 6.07) is 13.2. The molecule has 2 unspecified atom stereocenters. The van der Waals surface area contributed by atoms with Crippen LogP contribution in [0.15, 0.2) is 48.5 Å². The molecular formula is C22H28ClN5O4. The summed E-state index contributed by atoms with van der Waals surface area (Å²) in [5, 5.41) is 32.4. The minimum atomic E-state index is -1.39. The Hall–Kier alpha value is -3.14. The second-order valence-corrected chi connectivity index (χ2v) is 7.42. The molecule has 0 saturated carbocycles. The molecule has 1 aliphatic rings. The lowest BCUT2D eigenvalue weighted by atomic mass is 10.00. The van der Waals surface area contributed by atoms with E-state index in [0.29, 0.717) is 24.3 Å². The highest BCUT2D eigenvalue weighted by Gasteiger charge is 2.28. The van der Waals surface area contributed by atoms with Crippen LogP contribution in [0.25, 0.3) is 0 Å². The van der Waals surface area contributed by atoms with Crippen LogP contribution in [0.1, 0.15) is 16.7 Å². The fourth-order valence-corrected chi connectivity index (χ4v) is 3.49. The van der Waals surface area contributed by atoms with Crippen molar-refractivity contribution in [3.63, 3.8) is 0 Å². The van der Waals surface area contributed by atoms with Crippen molar-refractivity contribution in [3.8, 4) is 0 Å². The van der Waals surface area contributed by atoms with Crippen LogP contribution in [0.3, 0.4) is 0 Å². The SMILES string of the molecule is Cl.N=C(N)c1cccc(NC(C(=O)NCC(=O)N2CCc3ccccc3C2)C(O)CO)c1. The minimum Gasteiger partial charge on any atom is -0.394 e. The number of carbonyl (C=O) groups excluding carboxylic acids is 2. The van der Waals surface area contributed by atoms with Gasteiger partial charge in [0.15, 0.2) is 0 Å². The Morgan fingerprint density at radius 1 is 1.16 bits per heavy atom. The van der Waals surface area contributed by atoms with E-state index in [1.54, 1.807) is 29.2 Å². The van der Waals surface area contributed by atoms with Crippen molar-refractivity contribution in [1.82, 2.24) is 10.2 Å². The number of hydrogen-bond acceptors (Lipinski definition) is 6. The van der Waals surface area contributed by atoms with E-state index < -0.39 is 24.7 Å². The molecule has 1 aliphatic heterocycles. The Morgan fingerprint density at radius 3 is 2.56 bits per heavy atom. The Morgan fingerprint density at radius 2 is 1.88 bits per heavy atom. The maximum Gasteiger partial charge on any atom is 0.245 e. The summed E-state index contributed by atoms with van der Waals surface area (Å²) in [5.41, 5.74) is 8.69. The molecule has 9 nitrogen and oxygen atoms in total. The van der Waals surface area contributed by atoms with Crippen LogP contribution in [-0.4, -0.2) is 64.6 Å². The van der Waals surface area contributed by atoms with Crippen LogP contribution in [0.4, 0.5) is 5.69 Å². The predicted molar refractivity (Wildman–Crippen MR) is 124 cm³/mol. The number of aliphatic hydroxyl groups excluding tert-OH is 2. The lowest BCUT2D eigenvalue weighted by Crippen LogP contribution is -2.51. The zero-order chi connectivity index (χ0) is 22.4. The molecule has 2 amide bonds. The fraction of sp³-hybridized carbons (Fsp3) is 0.318. The summed E-state index contributed by atoms with van der Waals surface area (Å²) in [5.74, 6) is -0.986. The average Bonchev–Trinajstić information content (AvgIpc) is 2.80. The van der Waals surface area contributed by atoms with E-state index in [-0.39, 0.29) is 30.7 Å². The monoisotopic (exact) mass is 461 g/mol. The molecule has 0 saturated heterocycles. The van der Waals surface area contributed by atoms with E-state index in [1.165, 1.54) is 5.56 Å². The number of nitrogens with zero attached hydrogens (tertiary/aromatic N) is 1. The van der Waals surface area contributed by atoms with E-state index in [4.69, 9.17) is 11.1 Å². The standard InChI is InChI=1S/C22H27N5O4.ClH/c23-21(24)15-6-3-7-17(10-15)26-20(18(29)13-28)22(31)25-11-19(30)27-9-8-14-4-1-2-5-16(14)12-27;/h1-7,10,18,20,26,28-29H,8-9,11-13H2,(H3,23,24)(H,25,31);1H. The summed E-state index contributed by atoms with van der Waals surface area (Å²) in [6.45, 7) is 0.202. The van der Waals surface area contributed by atoms with Gasteiger partial charge >= 0.3 is 0 Å². The van der Waals surface area contributed by atoms with Crippen LogP contribution in [0, 0.1) is 5.41 Å². The highest BCUT2D eigenvalue weighted by atomic mass is 35.5. The highest BCUT2D eigenvalue weighted by molar-refractivity contribution is 5.96.